The maximum absolute atomic E-state index is 5.37. The largest absolute Gasteiger partial charge is 0.379 e. The van der Waals surface area contributed by atoms with Gasteiger partial charge in [-0.15, -0.1) is 0 Å². The van der Waals surface area contributed by atoms with E-state index in [9.17, 15) is 0 Å². The van der Waals surface area contributed by atoms with Crippen molar-refractivity contribution in [2.45, 2.75) is 38.5 Å². The first kappa shape index (κ1) is 23.6. The molecular weight excluding hydrogens is 384 g/mol. The molecule has 0 unspecified atom stereocenters. The molecule has 0 spiro atoms. The predicted molar refractivity (Wildman–Crippen MR) is 127 cm³/mol. The van der Waals surface area contributed by atoms with E-state index in [4.69, 9.17) is 9.47 Å². The number of hydrogen-bond acceptors (Lipinski definition) is 2. The highest BCUT2D eigenvalue weighted by atomic mass is 16.5. The molecule has 1 aliphatic heterocycles. The Bertz CT molecular complexity index is 831. The van der Waals surface area contributed by atoms with Gasteiger partial charge in [0, 0.05) is 39.0 Å². The first-order valence-corrected chi connectivity index (χ1v) is 11.9. The maximum atomic E-state index is 5.37. The normalized spacial score (nSPS) is 13.5. The van der Waals surface area contributed by atoms with Gasteiger partial charge in [0.1, 0.15) is 13.2 Å². The van der Waals surface area contributed by atoms with Crippen LogP contribution in [0.5, 0.6) is 0 Å². The van der Waals surface area contributed by atoms with E-state index < -0.39 is 0 Å². The van der Waals surface area contributed by atoms with Crippen LogP contribution >= 0.6 is 0 Å². The van der Waals surface area contributed by atoms with Crippen molar-refractivity contribution in [1.29, 1.82) is 0 Å². The number of aryl methyl sites for hydroxylation is 1. The number of nitrogens with zero attached hydrogens (tertiary/aromatic N) is 1. The van der Waals surface area contributed by atoms with Crippen molar-refractivity contribution in [1.82, 2.24) is 0 Å². The molecule has 0 radical (unpaired) electrons. The average Bonchev–Trinajstić information content (AvgIpc) is 2.81. The molecule has 4 nitrogen and oxygen atoms in total. The fourth-order valence-electron chi connectivity index (χ4n) is 4.58. The standard InChI is InChI=1S/C27H39N2O2/c1-30-21-18-28-17-15-24-11-4-3-9-23(24)10-6-8-14-27-26-13-7-5-12-25(26)16-19-29(27)20-22-31-2/h3-5,7,9,11-13,28H,6,8,10,14-22H2,1-2H3/q+1/p+1. The quantitative estimate of drug-likeness (QED) is 0.374. The zero-order valence-electron chi connectivity index (χ0n) is 19.4. The molecule has 0 amide bonds. The van der Waals surface area contributed by atoms with E-state index in [1.165, 1.54) is 47.2 Å². The molecule has 2 aromatic rings. The molecule has 168 valence electrons. The molecule has 3 rings (SSSR count). The highest BCUT2D eigenvalue weighted by molar-refractivity contribution is 5.98. The van der Waals surface area contributed by atoms with Crippen molar-refractivity contribution >= 4 is 5.71 Å². The van der Waals surface area contributed by atoms with Crippen LogP contribution in [0.4, 0.5) is 0 Å². The van der Waals surface area contributed by atoms with Gasteiger partial charge in [0.2, 0.25) is 0 Å². The van der Waals surface area contributed by atoms with Crippen LogP contribution in [-0.2, 0) is 28.7 Å². The molecule has 4 heteroatoms. The monoisotopic (exact) mass is 424 g/mol. The molecular formula is C27H40N2O2+2. The van der Waals surface area contributed by atoms with Crippen LogP contribution < -0.4 is 5.32 Å². The van der Waals surface area contributed by atoms with E-state index in [0.29, 0.717) is 0 Å². The Hall–Kier alpha value is -2.01. The van der Waals surface area contributed by atoms with Gasteiger partial charge < -0.3 is 14.8 Å². The summed E-state index contributed by atoms with van der Waals surface area (Å²) in [6.07, 6.45) is 7.04. The minimum absolute atomic E-state index is 0.792. The lowest BCUT2D eigenvalue weighted by Gasteiger charge is -2.18. The third-order valence-electron chi connectivity index (χ3n) is 6.30. The van der Waals surface area contributed by atoms with E-state index in [-0.39, 0.29) is 0 Å². The molecule has 0 aromatic heterocycles. The van der Waals surface area contributed by atoms with Crippen molar-refractivity contribution in [2.75, 3.05) is 53.6 Å². The smallest absolute Gasteiger partial charge is 0.183 e. The van der Waals surface area contributed by atoms with E-state index in [1.807, 2.05) is 0 Å². The van der Waals surface area contributed by atoms with Crippen molar-refractivity contribution in [3.05, 3.63) is 70.8 Å². The van der Waals surface area contributed by atoms with Gasteiger partial charge in [-0.3, -0.25) is 0 Å². The van der Waals surface area contributed by atoms with Crippen LogP contribution in [-0.4, -0.2) is 63.9 Å². The summed E-state index contributed by atoms with van der Waals surface area (Å²) in [7, 11) is 3.56. The topological polar surface area (TPSA) is 38.1 Å². The zero-order chi connectivity index (χ0) is 21.7. The second-order valence-corrected chi connectivity index (χ2v) is 8.42. The third-order valence-corrected chi connectivity index (χ3v) is 6.30. The van der Waals surface area contributed by atoms with E-state index in [2.05, 4.69) is 58.4 Å². The van der Waals surface area contributed by atoms with E-state index in [0.717, 1.165) is 58.7 Å². The van der Waals surface area contributed by atoms with Gasteiger partial charge in [-0.1, -0.05) is 42.5 Å². The molecule has 2 N–H and O–H groups in total. The van der Waals surface area contributed by atoms with E-state index in [1.54, 1.807) is 14.2 Å². The third kappa shape index (κ3) is 7.27. The lowest BCUT2D eigenvalue weighted by Crippen LogP contribution is -2.85. The van der Waals surface area contributed by atoms with Gasteiger partial charge in [-0.05, 0) is 42.0 Å². The van der Waals surface area contributed by atoms with Gasteiger partial charge in [0.25, 0.3) is 0 Å². The molecule has 0 saturated heterocycles. The fraction of sp³-hybridized carbons (Fsp3) is 0.519. The predicted octanol–water partition coefficient (Wildman–Crippen LogP) is 2.86. The molecule has 1 aliphatic rings. The second kappa shape index (κ2) is 13.4. The Morgan fingerprint density at radius 2 is 1.52 bits per heavy atom. The maximum Gasteiger partial charge on any atom is 0.183 e. The highest BCUT2D eigenvalue weighted by Gasteiger charge is 2.24. The van der Waals surface area contributed by atoms with Gasteiger partial charge in [0.15, 0.2) is 12.3 Å². The number of ether oxygens (including phenoxy) is 2. The summed E-state index contributed by atoms with van der Waals surface area (Å²) >= 11 is 0. The first-order chi connectivity index (χ1) is 15.3. The summed E-state index contributed by atoms with van der Waals surface area (Å²) in [5, 5.41) is 2.35. The van der Waals surface area contributed by atoms with Crippen LogP contribution in [0.15, 0.2) is 48.5 Å². The Morgan fingerprint density at radius 1 is 0.806 bits per heavy atom. The Balaban J connectivity index is 1.55. The van der Waals surface area contributed by atoms with Crippen molar-refractivity contribution in [3.63, 3.8) is 0 Å². The number of quaternary nitrogens is 1. The van der Waals surface area contributed by atoms with Crippen LogP contribution in [0.25, 0.3) is 0 Å². The Kier molecular flexibility index (Phi) is 10.2. The second-order valence-electron chi connectivity index (χ2n) is 8.42. The van der Waals surface area contributed by atoms with Gasteiger partial charge in [0.05, 0.1) is 19.7 Å². The minimum Gasteiger partial charge on any atom is -0.379 e. The van der Waals surface area contributed by atoms with Gasteiger partial charge in [-0.25, -0.2) is 4.58 Å². The number of nitrogens with two attached hydrogens (primary N) is 1. The summed E-state index contributed by atoms with van der Waals surface area (Å²) in [4.78, 5) is 0. The van der Waals surface area contributed by atoms with Gasteiger partial charge in [-0.2, -0.15) is 0 Å². The van der Waals surface area contributed by atoms with Crippen LogP contribution in [0.1, 0.15) is 41.5 Å². The Morgan fingerprint density at radius 3 is 2.32 bits per heavy atom. The molecule has 0 saturated carbocycles. The van der Waals surface area contributed by atoms with Crippen LogP contribution in [0, 0.1) is 0 Å². The number of unbranched alkanes of at least 4 members (excludes halogenated alkanes) is 1. The molecule has 2 aromatic carbocycles. The lowest BCUT2D eigenvalue weighted by atomic mass is 9.92. The fourth-order valence-corrected chi connectivity index (χ4v) is 4.58. The van der Waals surface area contributed by atoms with E-state index >= 15 is 0 Å². The number of methoxy groups -OCH3 is 2. The number of benzene rings is 2. The molecule has 1 heterocycles. The Labute approximate surface area is 188 Å². The first-order valence-electron chi connectivity index (χ1n) is 11.9. The number of fused-ring (bicyclic) bond motifs is 1. The molecule has 0 atom stereocenters. The van der Waals surface area contributed by atoms with Gasteiger partial charge >= 0.3 is 0 Å². The summed E-state index contributed by atoms with van der Waals surface area (Å²) in [6.45, 7) is 5.88. The van der Waals surface area contributed by atoms with Crippen LogP contribution in [0.3, 0.4) is 0 Å². The number of hydrogen-bond donors (Lipinski definition) is 1. The molecule has 0 aliphatic carbocycles. The SMILES string of the molecule is COCC[NH2+]CCc1ccccc1CCCCC1=[N+](CCOC)CCc2ccccc21. The van der Waals surface area contributed by atoms with Crippen molar-refractivity contribution in [2.24, 2.45) is 0 Å². The molecule has 0 fully saturated rings. The molecule has 0 bridgehead atoms. The molecule has 31 heavy (non-hydrogen) atoms. The minimum atomic E-state index is 0.792. The highest BCUT2D eigenvalue weighted by Crippen LogP contribution is 2.20. The number of rotatable bonds is 14. The lowest BCUT2D eigenvalue weighted by molar-refractivity contribution is -0.655. The summed E-state index contributed by atoms with van der Waals surface area (Å²) in [6, 6.07) is 17.9. The van der Waals surface area contributed by atoms with Crippen molar-refractivity contribution < 1.29 is 19.4 Å². The summed E-state index contributed by atoms with van der Waals surface area (Å²) in [5.74, 6) is 0. The summed E-state index contributed by atoms with van der Waals surface area (Å²) in [5.41, 5.74) is 7.50. The average molecular weight is 425 g/mol. The van der Waals surface area contributed by atoms with Crippen molar-refractivity contribution in [3.8, 4) is 0 Å². The summed E-state index contributed by atoms with van der Waals surface area (Å²) < 4.78 is 13.1. The van der Waals surface area contributed by atoms with Crippen LogP contribution in [0.2, 0.25) is 0 Å². The zero-order valence-corrected chi connectivity index (χ0v) is 19.4.